The van der Waals surface area contributed by atoms with E-state index in [4.69, 9.17) is 0 Å². The molecule has 3 aromatic rings. The van der Waals surface area contributed by atoms with E-state index in [1.54, 1.807) is 0 Å². The molecule has 0 aliphatic carbocycles. The molecule has 1 N–H and O–H groups in total. The third-order valence-electron chi connectivity index (χ3n) is 3.65. The Hall–Kier alpha value is -1.80. The predicted octanol–water partition coefficient (Wildman–Crippen LogP) is 5.65. The maximum absolute atomic E-state index is 3.64. The van der Waals surface area contributed by atoms with Crippen LogP contribution in [0.1, 0.15) is 12.5 Å². The number of fused-ring (bicyclic) bond motifs is 1. The van der Waals surface area contributed by atoms with Crippen LogP contribution in [-0.4, -0.2) is 6.04 Å². The van der Waals surface area contributed by atoms with Crippen LogP contribution in [0.3, 0.4) is 0 Å². The summed E-state index contributed by atoms with van der Waals surface area (Å²) in [5.41, 5.74) is 2.55. The molecule has 2 heteroatoms. The number of halogens is 1. The smallest absolute Gasteiger partial charge is 0.0422 e. The molecule has 0 saturated heterocycles. The largest absolute Gasteiger partial charge is 0.382 e. The first-order valence-electron chi connectivity index (χ1n) is 7.21. The van der Waals surface area contributed by atoms with Crippen molar-refractivity contribution in [2.24, 2.45) is 0 Å². The molecule has 0 fully saturated rings. The summed E-state index contributed by atoms with van der Waals surface area (Å²) in [6.45, 7) is 2.23. The molecule has 0 aromatic heterocycles. The maximum atomic E-state index is 3.64. The molecule has 0 spiro atoms. The van der Waals surface area contributed by atoms with Gasteiger partial charge in [0.15, 0.2) is 0 Å². The number of benzene rings is 3. The first-order valence-corrected chi connectivity index (χ1v) is 8.00. The highest BCUT2D eigenvalue weighted by Gasteiger charge is 2.06. The van der Waals surface area contributed by atoms with E-state index < -0.39 is 0 Å². The van der Waals surface area contributed by atoms with Gasteiger partial charge in [0.2, 0.25) is 0 Å². The Morgan fingerprint density at radius 1 is 0.905 bits per heavy atom. The molecule has 3 rings (SSSR count). The van der Waals surface area contributed by atoms with Crippen LogP contribution in [0.2, 0.25) is 0 Å². The Kier molecular flexibility index (Phi) is 4.26. The standard InChI is InChI=1S/C19H18BrN/c1-14(13-15-9-11-17(20)12-10-15)21-19-8-4-6-16-5-2-3-7-18(16)19/h2-12,14,21H,13H2,1H3. The van der Waals surface area contributed by atoms with Crippen molar-refractivity contribution < 1.29 is 0 Å². The first-order chi connectivity index (χ1) is 10.2. The van der Waals surface area contributed by atoms with Gasteiger partial charge in [0, 0.05) is 21.6 Å². The van der Waals surface area contributed by atoms with Gasteiger partial charge in [-0.05, 0) is 42.5 Å². The van der Waals surface area contributed by atoms with Gasteiger partial charge in [0.1, 0.15) is 0 Å². The molecule has 0 heterocycles. The number of rotatable bonds is 4. The Labute approximate surface area is 134 Å². The second-order valence-corrected chi connectivity index (χ2v) is 6.32. The SMILES string of the molecule is CC(Cc1ccc(Br)cc1)Nc1cccc2ccccc12. The average Bonchev–Trinajstić information content (AvgIpc) is 2.50. The summed E-state index contributed by atoms with van der Waals surface area (Å²) < 4.78 is 1.13. The van der Waals surface area contributed by atoms with Crippen LogP contribution in [0, 0.1) is 0 Å². The summed E-state index contributed by atoms with van der Waals surface area (Å²) >= 11 is 3.48. The van der Waals surface area contributed by atoms with E-state index in [9.17, 15) is 0 Å². The number of hydrogen-bond acceptors (Lipinski definition) is 1. The Morgan fingerprint density at radius 2 is 1.62 bits per heavy atom. The molecule has 0 amide bonds. The normalized spacial score (nSPS) is 12.3. The Morgan fingerprint density at radius 3 is 2.43 bits per heavy atom. The van der Waals surface area contributed by atoms with E-state index >= 15 is 0 Å². The van der Waals surface area contributed by atoms with Gasteiger partial charge in [-0.25, -0.2) is 0 Å². The van der Waals surface area contributed by atoms with Crippen LogP contribution < -0.4 is 5.32 Å². The second kappa shape index (κ2) is 6.31. The summed E-state index contributed by atoms with van der Waals surface area (Å²) in [5.74, 6) is 0. The van der Waals surface area contributed by atoms with Crippen molar-refractivity contribution in [1.82, 2.24) is 0 Å². The average molecular weight is 340 g/mol. The van der Waals surface area contributed by atoms with Crippen molar-refractivity contribution in [3.8, 4) is 0 Å². The van der Waals surface area contributed by atoms with Gasteiger partial charge < -0.3 is 5.32 Å². The predicted molar refractivity (Wildman–Crippen MR) is 94.9 cm³/mol. The van der Waals surface area contributed by atoms with E-state index in [0.717, 1.165) is 10.9 Å². The van der Waals surface area contributed by atoms with Crippen molar-refractivity contribution >= 4 is 32.4 Å². The number of anilines is 1. The van der Waals surface area contributed by atoms with Crippen LogP contribution in [0.25, 0.3) is 10.8 Å². The minimum atomic E-state index is 0.386. The van der Waals surface area contributed by atoms with Crippen molar-refractivity contribution in [2.75, 3.05) is 5.32 Å². The molecule has 106 valence electrons. The summed E-state index contributed by atoms with van der Waals surface area (Å²) in [7, 11) is 0. The summed E-state index contributed by atoms with van der Waals surface area (Å²) in [6.07, 6.45) is 1.01. The molecule has 3 aromatic carbocycles. The summed E-state index contributed by atoms with van der Waals surface area (Å²) in [4.78, 5) is 0. The second-order valence-electron chi connectivity index (χ2n) is 5.40. The summed E-state index contributed by atoms with van der Waals surface area (Å²) in [5, 5.41) is 6.19. The minimum absolute atomic E-state index is 0.386. The van der Waals surface area contributed by atoms with Crippen molar-refractivity contribution in [2.45, 2.75) is 19.4 Å². The zero-order valence-corrected chi connectivity index (χ0v) is 13.6. The van der Waals surface area contributed by atoms with Crippen LogP contribution >= 0.6 is 15.9 Å². The lowest BCUT2D eigenvalue weighted by atomic mass is 10.1. The molecular weight excluding hydrogens is 322 g/mol. The monoisotopic (exact) mass is 339 g/mol. The van der Waals surface area contributed by atoms with E-state index in [1.165, 1.54) is 22.0 Å². The topological polar surface area (TPSA) is 12.0 Å². The first kappa shape index (κ1) is 14.2. The quantitative estimate of drug-likeness (QED) is 0.647. The molecule has 21 heavy (non-hydrogen) atoms. The Bertz CT molecular complexity index is 729. The van der Waals surface area contributed by atoms with E-state index in [1.807, 2.05) is 0 Å². The molecule has 0 aliphatic rings. The number of nitrogens with one attached hydrogen (secondary N) is 1. The number of hydrogen-bond donors (Lipinski definition) is 1. The third-order valence-corrected chi connectivity index (χ3v) is 4.18. The molecule has 0 radical (unpaired) electrons. The third kappa shape index (κ3) is 3.45. The Balaban J connectivity index is 1.77. The highest BCUT2D eigenvalue weighted by molar-refractivity contribution is 9.10. The van der Waals surface area contributed by atoms with Gasteiger partial charge in [0.05, 0.1) is 0 Å². The molecule has 0 saturated carbocycles. The molecule has 1 nitrogen and oxygen atoms in total. The van der Waals surface area contributed by atoms with Crippen molar-refractivity contribution in [1.29, 1.82) is 0 Å². The molecule has 0 aliphatic heterocycles. The molecular formula is C19H18BrN. The van der Waals surface area contributed by atoms with Gasteiger partial charge in [-0.1, -0.05) is 64.5 Å². The zero-order valence-electron chi connectivity index (χ0n) is 12.0. The van der Waals surface area contributed by atoms with Crippen molar-refractivity contribution in [3.05, 3.63) is 76.8 Å². The van der Waals surface area contributed by atoms with E-state index in [-0.39, 0.29) is 0 Å². The molecule has 1 atom stereocenters. The van der Waals surface area contributed by atoms with Crippen molar-refractivity contribution in [3.63, 3.8) is 0 Å². The highest BCUT2D eigenvalue weighted by atomic mass is 79.9. The minimum Gasteiger partial charge on any atom is -0.382 e. The highest BCUT2D eigenvalue weighted by Crippen LogP contribution is 2.24. The van der Waals surface area contributed by atoms with Crippen LogP contribution in [-0.2, 0) is 6.42 Å². The van der Waals surface area contributed by atoms with Crippen LogP contribution in [0.15, 0.2) is 71.2 Å². The molecule has 0 bridgehead atoms. The van der Waals surface area contributed by atoms with Gasteiger partial charge in [-0.15, -0.1) is 0 Å². The van der Waals surface area contributed by atoms with Gasteiger partial charge in [0.25, 0.3) is 0 Å². The fourth-order valence-electron chi connectivity index (χ4n) is 2.64. The molecule has 1 unspecified atom stereocenters. The van der Waals surface area contributed by atoms with E-state index in [2.05, 4.69) is 94.9 Å². The van der Waals surface area contributed by atoms with Gasteiger partial charge in [-0.3, -0.25) is 0 Å². The van der Waals surface area contributed by atoms with Gasteiger partial charge >= 0.3 is 0 Å². The fourth-order valence-corrected chi connectivity index (χ4v) is 2.91. The van der Waals surface area contributed by atoms with Crippen LogP contribution in [0.4, 0.5) is 5.69 Å². The fraction of sp³-hybridized carbons (Fsp3) is 0.158. The van der Waals surface area contributed by atoms with Gasteiger partial charge in [-0.2, -0.15) is 0 Å². The lowest BCUT2D eigenvalue weighted by Gasteiger charge is -2.17. The maximum Gasteiger partial charge on any atom is 0.0422 e. The lowest BCUT2D eigenvalue weighted by Crippen LogP contribution is -2.18. The van der Waals surface area contributed by atoms with Crippen LogP contribution in [0.5, 0.6) is 0 Å². The zero-order chi connectivity index (χ0) is 14.7. The lowest BCUT2D eigenvalue weighted by molar-refractivity contribution is 0.791. The summed E-state index contributed by atoms with van der Waals surface area (Å²) in [6, 6.07) is 23.8. The van der Waals surface area contributed by atoms with E-state index in [0.29, 0.717) is 6.04 Å².